The third-order valence-corrected chi connectivity index (χ3v) is 3.44. The molecule has 0 atom stereocenters. The van der Waals surface area contributed by atoms with Gasteiger partial charge in [-0.15, -0.1) is 0 Å². The minimum absolute atomic E-state index is 0.419. The van der Waals surface area contributed by atoms with Crippen LogP contribution < -0.4 is 10.2 Å². The normalized spacial score (nSPS) is 11.0. The Labute approximate surface area is 139 Å². The van der Waals surface area contributed by atoms with Crippen LogP contribution in [0.25, 0.3) is 11.0 Å². The van der Waals surface area contributed by atoms with E-state index in [0.29, 0.717) is 23.3 Å². The molecule has 0 aliphatic heterocycles. The van der Waals surface area contributed by atoms with E-state index in [0.717, 1.165) is 16.6 Å². The van der Waals surface area contributed by atoms with Gasteiger partial charge in [-0.2, -0.15) is 5.10 Å². The van der Waals surface area contributed by atoms with Gasteiger partial charge < -0.3 is 4.74 Å². The van der Waals surface area contributed by atoms with Gasteiger partial charge >= 0.3 is 0 Å². The van der Waals surface area contributed by atoms with Crippen molar-refractivity contribution in [2.45, 2.75) is 6.92 Å². The number of nitrogens with zero attached hydrogens (tertiary/aromatic N) is 3. The fourth-order valence-electron chi connectivity index (χ4n) is 2.04. The molecule has 2 aromatic carbocycles. The molecule has 6 heteroatoms. The van der Waals surface area contributed by atoms with Crippen LogP contribution >= 0.6 is 11.6 Å². The summed E-state index contributed by atoms with van der Waals surface area (Å²) in [5, 5.41) is 4.81. The number of aromatic nitrogens is 2. The van der Waals surface area contributed by atoms with E-state index < -0.39 is 0 Å². The maximum atomic E-state index is 6.09. The van der Waals surface area contributed by atoms with E-state index in [-0.39, 0.29) is 0 Å². The number of benzene rings is 2. The molecule has 5 nitrogen and oxygen atoms in total. The highest BCUT2D eigenvalue weighted by Gasteiger charge is 2.09. The zero-order valence-electron chi connectivity index (χ0n) is 12.5. The average Bonchev–Trinajstić information content (AvgIpc) is 2.57. The maximum Gasteiger partial charge on any atom is 0.259 e. The van der Waals surface area contributed by atoms with E-state index in [4.69, 9.17) is 16.3 Å². The highest BCUT2D eigenvalue weighted by atomic mass is 35.5. The molecule has 0 unspecified atom stereocenters. The third kappa shape index (κ3) is 3.57. The largest absolute Gasteiger partial charge is 0.475 e. The topological polar surface area (TPSA) is 59.4 Å². The van der Waals surface area contributed by atoms with Gasteiger partial charge in [0.05, 0.1) is 23.9 Å². The van der Waals surface area contributed by atoms with Crippen LogP contribution in [0.1, 0.15) is 12.5 Å². The molecule has 3 aromatic rings. The fourth-order valence-corrected chi connectivity index (χ4v) is 2.22. The standard InChI is InChI=1S/C17H15ClN4O/c1-2-23-17-16(20-14-9-5-6-10-15(14)21-17)22-19-11-12-7-3-4-8-13(12)18/h3-11H,2H2,1H3,(H,20,22)/b19-11+. The molecule has 0 saturated carbocycles. The number of fused-ring (bicyclic) bond motifs is 1. The predicted molar refractivity (Wildman–Crippen MR) is 93.4 cm³/mol. The lowest BCUT2D eigenvalue weighted by Gasteiger charge is -2.08. The molecule has 0 fully saturated rings. The molecule has 0 aliphatic rings. The molecule has 0 amide bonds. The Kier molecular flexibility index (Phi) is 4.68. The first kappa shape index (κ1) is 15.2. The third-order valence-electron chi connectivity index (χ3n) is 3.10. The zero-order valence-corrected chi connectivity index (χ0v) is 13.3. The first-order chi connectivity index (χ1) is 11.3. The summed E-state index contributed by atoms with van der Waals surface area (Å²) >= 11 is 6.09. The van der Waals surface area contributed by atoms with Crippen molar-refractivity contribution in [3.05, 3.63) is 59.1 Å². The average molecular weight is 327 g/mol. The summed E-state index contributed by atoms with van der Waals surface area (Å²) in [6, 6.07) is 15.1. The van der Waals surface area contributed by atoms with E-state index in [2.05, 4.69) is 20.5 Å². The molecular weight excluding hydrogens is 312 g/mol. The van der Waals surface area contributed by atoms with Gasteiger partial charge in [0.25, 0.3) is 5.88 Å². The zero-order chi connectivity index (χ0) is 16.1. The van der Waals surface area contributed by atoms with Gasteiger partial charge in [-0.1, -0.05) is 41.9 Å². The summed E-state index contributed by atoms with van der Waals surface area (Å²) in [6.45, 7) is 2.39. The number of halogens is 1. The lowest BCUT2D eigenvalue weighted by Crippen LogP contribution is -2.03. The van der Waals surface area contributed by atoms with Crippen LogP contribution in [-0.2, 0) is 0 Å². The fraction of sp³-hybridized carbons (Fsp3) is 0.118. The summed E-state index contributed by atoms with van der Waals surface area (Å²) in [6.07, 6.45) is 1.63. The van der Waals surface area contributed by atoms with E-state index in [1.807, 2.05) is 55.5 Å². The number of ether oxygens (including phenoxy) is 1. The summed E-state index contributed by atoms with van der Waals surface area (Å²) in [4.78, 5) is 8.96. The van der Waals surface area contributed by atoms with Gasteiger partial charge in [0, 0.05) is 10.6 Å². The van der Waals surface area contributed by atoms with Gasteiger partial charge in [-0.3, -0.25) is 5.43 Å². The quantitative estimate of drug-likeness (QED) is 0.566. The number of rotatable bonds is 5. The molecule has 0 radical (unpaired) electrons. The molecule has 3 rings (SSSR count). The Balaban J connectivity index is 1.89. The first-order valence-corrected chi connectivity index (χ1v) is 7.59. The molecule has 1 N–H and O–H groups in total. The number of hydrazone groups is 1. The summed E-state index contributed by atoms with van der Waals surface area (Å²) in [7, 11) is 0. The molecule has 23 heavy (non-hydrogen) atoms. The van der Waals surface area contributed by atoms with Crippen LogP contribution in [0, 0.1) is 0 Å². The maximum absolute atomic E-state index is 6.09. The highest BCUT2D eigenvalue weighted by Crippen LogP contribution is 2.23. The summed E-state index contributed by atoms with van der Waals surface area (Å²) in [5.41, 5.74) is 5.24. The van der Waals surface area contributed by atoms with Crippen LogP contribution in [0.2, 0.25) is 5.02 Å². The number of hydrogen-bond acceptors (Lipinski definition) is 5. The molecule has 0 spiro atoms. The van der Waals surface area contributed by atoms with Crippen molar-refractivity contribution in [3.8, 4) is 5.88 Å². The van der Waals surface area contributed by atoms with Crippen molar-refractivity contribution >= 4 is 34.7 Å². The van der Waals surface area contributed by atoms with Gasteiger partial charge in [0.15, 0.2) is 0 Å². The minimum Gasteiger partial charge on any atom is -0.475 e. The number of hydrogen-bond donors (Lipinski definition) is 1. The molecule has 116 valence electrons. The van der Waals surface area contributed by atoms with Gasteiger partial charge in [-0.25, -0.2) is 9.97 Å². The van der Waals surface area contributed by atoms with E-state index in [9.17, 15) is 0 Å². The number of nitrogens with one attached hydrogen (secondary N) is 1. The van der Waals surface area contributed by atoms with E-state index in [1.54, 1.807) is 6.21 Å². The monoisotopic (exact) mass is 326 g/mol. The van der Waals surface area contributed by atoms with Crippen molar-refractivity contribution in [2.24, 2.45) is 5.10 Å². The SMILES string of the molecule is CCOc1nc2ccccc2nc1N/N=C/c1ccccc1Cl. The second kappa shape index (κ2) is 7.07. The van der Waals surface area contributed by atoms with Gasteiger partial charge in [0.2, 0.25) is 5.82 Å². The lowest BCUT2D eigenvalue weighted by atomic mass is 10.2. The Bertz CT molecular complexity index is 851. The Morgan fingerprint density at radius 2 is 1.78 bits per heavy atom. The Morgan fingerprint density at radius 1 is 1.09 bits per heavy atom. The summed E-state index contributed by atoms with van der Waals surface area (Å²) < 4.78 is 5.54. The van der Waals surface area contributed by atoms with Crippen molar-refractivity contribution in [3.63, 3.8) is 0 Å². The molecule has 0 aliphatic carbocycles. The number of para-hydroxylation sites is 2. The van der Waals surface area contributed by atoms with Crippen LogP contribution in [0.15, 0.2) is 53.6 Å². The highest BCUT2D eigenvalue weighted by molar-refractivity contribution is 6.33. The lowest BCUT2D eigenvalue weighted by molar-refractivity contribution is 0.328. The van der Waals surface area contributed by atoms with E-state index in [1.165, 1.54) is 0 Å². The molecule has 0 bridgehead atoms. The van der Waals surface area contributed by atoms with Crippen molar-refractivity contribution in [1.29, 1.82) is 0 Å². The van der Waals surface area contributed by atoms with Crippen LogP contribution in [0.3, 0.4) is 0 Å². The Hall–Kier alpha value is -2.66. The van der Waals surface area contributed by atoms with Gasteiger partial charge in [0.1, 0.15) is 0 Å². The molecule has 0 saturated heterocycles. The molecular formula is C17H15ClN4O. The predicted octanol–water partition coefficient (Wildman–Crippen LogP) is 4.13. The van der Waals surface area contributed by atoms with Gasteiger partial charge in [-0.05, 0) is 25.1 Å². The van der Waals surface area contributed by atoms with Crippen LogP contribution in [-0.4, -0.2) is 22.8 Å². The number of anilines is 1. The first-order valence-electron chi connectivity index (χ1n) is 7.21. The van der Waals surface area contributed by atoms with E-state index >= 15 is 0 Å². The smallest absolute Gasteiger partial charge is 0.259 e. The molecule has 1 heterocycles. The van der Waals surface area contributed by atoms with Crippen molar-refractivity contribution in [1.82, 2.24) is 9.97 Å². The second-order valence-electron chi connectivity index (χ2n) is 4.69. The second-order valence-corrected chi connectivity index (χ2v) is 5.10. The van der Waals surface area contributed by atoms with Crippen molar-refractivity contribution in [2.75, 3.05) is 12.0 Å². The molecule has 1 aromatic heterocycles. The van der Waals surface area contributed by atoms with Crippen molar-refractivity contribution < 1.29 is 4.74 Å². The Morgan fingerprint density at radius 3 is 2.52 bits per heavy atom. The van der Waals surface area contributed by atoms with Crippen LogP contribution in [0.4, 0.5) is 5.82 Å². The van der Waals surface area contributed by atoms with Crippen LogP contribution in [0.5, 0.6) is 5.88 Å². The summed E-state index contributed by atoms with van der Waals surface area (Å²) in [5.74, 6) is 0.886. The minimum atomic E-state index is 0.419.